The van der Waals surface area contributed by atoms with Crippen LogP contribution in [0.3, 0.4) is 0 Å². The van der Waals surface area contributed by atoms with E-state index in [9.17, 15) is 0 Å². The third kappa shape index (κ3) is 2.61. The minimum atomic E-state index is 0.854. The molecule has 1 aromatic carbocycles. The van der Waals surface area contributed by atoms with Gasteiger partial charge in [-0.2, -0.15) is 10.2 Å². The van der Waals surface area contributed by atoms with Crippen LogP contribution in [-0.2, 0) is 6.42 Å². The Bertz CT molecular complexity index is 699. The zero-order chi connectivity index (χ0) is 13.8. The quantitative estimate of drug-likeness (QED) is 0.697. The Hall–Kier alpha value is -2.43. The zero-order valence-electron chi connectivity index (χ0n) is 11.4. The predicted octanol–water partition coefficient (Wildman–Crippen LogP) is 2.71. The second-order valence-corrected chi connectivity index (χ2v) is 4.83. The predicted molar refractivity (Wildman–Crippen MR) is 79.7 cm³/mol. The molecule has 0 unspecified atom stereocenters. The van der Waals surface area contributed by atoms with Crippen LogP contribution >= 0.6 is 0 Å². The monoisotopic (exact) mass is 267 g/mol. The number of hydrogen-bond donors (Lipinski definition) is 2. The molecule has 0 saturated carbocycles. The van der Waals surface area contributed by atoms with Gasteiger partial charge in [0.25, 0.3) is 0 Å². The number of nitrogens with one attached hydrogen (secondary N) is 2. The molecule has 0 aliphatic heterocycles. The van der Waals surface area contributed by atoms with Crippen molar-refractivity contribution in [3.63, 3.8) is 0 Å². The van der Waals surface area contributed by atoms with E-state index < -0.39 is 0 Å². The molecule has 2 N–H and O–H groups in total. The van der Waals surface area contributed by atoms with Gasteiger partial charge in [0.15, 0.2) is 5.82 Å². The Labute approximate surface area is 117 Å². The number of H-pyrrole nitrogens is 1. The fourth-order valence-electron chi connectivity index (χ4n) is 2.27. The van der Waals surface area contributed by atoms with Gasteiger partial charge in [0.05, 0.1) is 12.4 Å². The first kappa shape index (κ1) is 12.6. The molecule has 0 spiro atoms. The molecule has 2 aromatic heterocycles. The molecule has 20 heavy (non-hydrogen) atoms. The minimum absolute atomic E-state index is 0.854. The molecular formula is C15H17N5. The molecule has 0 atom stereocenters. The Morgan fingerprint density at radius 3 is 2.95 bits per heavy atom. The number of rotatable bonds is 5. The summed E-state index contributed by atoms with van der Waals surface area (Å²) < 4.78 is 0. The summed E-state index contributed by atoms with van der Waals surface area (Å²) in [6, 6.07) is 8.14. The maximum Gasteiger partial charge on any atom is 0.156 e. The van der Waals surface area contributed by atoms with Gasteiger partial charge in [-0.3, -0.25) is 5.10 Å². The molecule has 5 heteroatoms. The van der Waals surface area contributed by atoms with E-state index in [2.05, 4.69) is 31.8 Å². The third-order valence-corrected chi connectivity index (χ3v) is 3.42. The van der Waals surface area contributed by atoms with Crippen LogP contribution in [0.15, 0.2) is 36.7 Å². The number of aromatic amines is 1. The lowest BCUT2D eigenvalue weighted by molar-refractivity contribution is 0.850. The zero-order valence-corrected chi connectivity index (χ0v) is 11.4. The van der Waals surface area contributed by atoms with E-state index in [0.717, 1.165) is 41.7 Å². The van der Waals surface area contributed by atoms with E-state index in [-0.39, 0.29) is 0 Å². The summed E-state index contributed by atoms with van der Waals surface area (Å²) in [6.07, 6.45) is 5.72. The molecule has 3 aromatic rings. The van der Waals surface area contributed by atoms with Crippen LogP contribution in [0.1, 0.15) is 17.7 Å². The number of aromatic nitrogens is 4. The van der Waals surface area contributed by atoms with E-state index >= 15 is 0 Å². The molecule has 0 bridgehead atoms. The van der Waals surface area contributed by atoms with Crippen molar-refractivity contribution in [3.05, 3.63) is 47.9 Å². The van der Waals surface area contributed by atoms with Crippen molar-refractivity contribution in [2.45, 2.75) is 19.8 Å². The van der Waals surface area contributed by atoms with Crippen LogP contribution in [-0.4, -0.2) is 26.9 Å². The van der Waals surface area contributed by atoms with Crippen molar-refractivity contribution in [2.24, 2.45) is 0 Å². The minimum Gasteiger partial charge on any atom is -0.368 e. The van der Waals surface area contributed by atoms with Crippen molar-refractivity contribution >= 4 is 16.6 Å². The van der Waals surface area contributed by atoms with Crippen molar-refractivity contribution in [1.82, 2.24) is 20.4 Å². The Morgan fingerprint density at radius 2 is 2.10 bits per heavy atom. The van der Waals surface area contributed by atoms with E-state index in [1.54, 1.807) is 6.20 Å². The second-order valence-electron chi connectivity index (χ2n) is 4.83. The van der Waals surface area contributed by atoms with Crippen LogP contribution < -0.4 is 5.32 Å². The van der Waals surface area contributed by atoms with Gasteiger partial charge in [0.1, 0.15) is 0 Å². The average Bonchev–Trinajstić information content (AvgIpc) is 2.89. The molecule has 0 aliphatic rings. The van der Waals surface area contributed by atoms with Gasteiger partial charge in [0, 0.05) is 23.0 Å². The number of aryl methyl sites for hydroxylation is 2. The van der Waals surface area contributed by atoms with Crippen molar-refractivity contribution in [2.75, 3.05) is 11.9 Å². The first-order valence-corrected chi connectivity index (χ1v) is 6.78. The summed E-state index contributed by atoms with van der Waals surface area (Å²) in [7, 11) is 0. The lowest BCUT2D eigenvalue weighted by Crippen LogP contribution is -2.06. The van der Waals surface area contributed by atoms with E-state index in [0.29, 0.717) is 0 Å². The molecule has 0 saturated heterocycles. The Balaban J connectivity index is 1.62. The topological polar surface area (TPSA) is 66.5 Å². The normalized spacial score (nSPS) is 10.8. The highest BCUT2D eigenvalue weighted by atomic mass is 15.2. The van der Waals surface area contributed by atoms with Crippen molar-refractivity contribution < 1.29 is 0 Å². The molecular weight excluding hydrogens is 250 g/mol. The fourth-order valence-corrected chi connectivity index (χ4v) is 2.27. The van der Waals surface area contributed by atoms with Gasteiger partial charge in [-0.1, -0.05) is 24.3 Å². The summed E-state index contributed by atoms with van der Waals surface area (Å²) in [4.78, 5) is 0. The standard InChI is InChI=1S/C15H17N5/c1-11-12(9-17-19-11)6-4-8-16-15-14-7-3-2-5-13(14)10-18-20-15/h2-3,5,7,9-10H,4,6,8H2,1H3,(H,16,20)(H,17,19). The van der Waals surface area contributed by atoms with Gasteiger partial charge in [0.2, 0.25) is 0 Å². The maximum absolute atomic E-state index is 4.18. The van der Waals surface area contributed by atoms with Crippen molar-refractivity contribution in [3.8, 4) is 0 Å². The molecule has 102 valence electrons. The first-order valence-electron chi connectivity index (χ1n) is 6.78. The van der Waals surface area contributed by atoms with Crippen LogP contribution in [0, 0.1) is 6.92 Å². The summed E-state index contributed by atoms with van der Waals surface area (Å²) in [5.41, 5.74) is 2.42. The summed E-state index contributed by atoms with van der Waals surface area (Å²) in [6.45, 7) is 2.92. The number of nitrogens with zero attached hydrogens (tertiary/aromatic N) is 3. The van der Waals surface area contributed by atoms with Crippen LogP contribution in [0.4, 0.5) is 5.82 Å². The number of benzene rings is 1. The van der Waals surface area contributed by atoms with Gasteiger partial charge in [-0.25, -0.2) is 0 Å². The SMILES string of the molecule is Cc1[nH]ncc1CCCNc1nncc2ccccc12. The fraction of sp³-hybridized carbons (Fsp3) is 0.267. The van der Waals surface area contributed by atoms with Crippen LogP contribution in [0.2, 0.25) is 0 Å². The highest BCUT2D eigenvalue weighted by molar-refractivity contribution is 5.90. The summed E-state index contributed by atoms with van der Waals surface area (Å²) in [5.74, 6) is 0.854. The molecule has 0 aliphatic carbocycles. The van der Waals surface area contributed by atoms with Gasteiger partial charge in [-0.05, 0) is 25.3 Å². The van der Waals surface area contributed by atoms with Gasteiger partial charge < -0.3 is 5.32 Å². The number of fused-ring (bicyclic) bond motifs is 1. The Kier molecular flexibility index (Phi) is 3.58. The molecule has 0 radical (unpaired) electrons. The van der Waals surface area contributed by atoms with E-state index in [1.165, 1.54) is 5.56 Å². The lowest BCUT2D eigenvalue weighted by atomic mass is 10.1. The molecule has 2 heterocycles. The largest absolute Gasteiger partial charge is 0.368 e. The molecule has 3 rings (SSSR count). The summed E-state index contributed by atoms with van der Waals surface area (Å²) in [5, 5.41) is 20.8. The molecule has 0 amide bonds. The van der Waals surface area contributed by atoms with Crippen molar-refractivity contribution in [1.29, 1.82) is 0 Å². The first-order chi connectivity index (χ1) is 9.84. The highest BCUT2D eigenvalue weighted by Crippen LogP contribution is 2.19. The highest BCUT2D eigenvalue weighted by Gasteiger charge is 2.03. The van der Waals surface area contributed by atoms with Gasteiger partial charge >= 0.3 is 0 Å². The molecule has 0 fully saturated rings. The van der Waals surface area contributed by atoms with E-state index in [4.69, 9.17) is 0 Å². The van der Waals surface area contributed by atoms with E-state index in [1.807, 2.05) is 31.3 Å². The third-order valence-electron chi connectivity index (χ3n) is 3.42. The second kappa shape index (κ2) is 5.69. The van der Waals surface area contributed by atoms with Crippen LogP contribution in [0.5, 0.6) is 0 Å². The lowest BCUT2D eigenvalue weighted by Gasteiger charge is -2.07. The molecule has 5 nitrogen and oxygen atoms in total. The number of anilines is 1. The van der Waals surface area contributed by atoms with Crippen LogP contribution in [0.25, 0.3) is 10.8 Å². The maximum atomic E-state index is 4.18. The Morgan fingerprint density at radius 1 is 1.20 bits per heavy atom. The summed E-state index contributed by atoms with van der Waals surface area (Å²) >= 11 is 0. The van der Waals surface area contributed by atoms with Gasteiger partial charge in [-0.15, -0.1) is 5.10 Å². The average molecular weight is 267 g/mol. The number of hydrogen-bond acceptors (Lipinski definition) is 4. The smallest absolute Gasteiger partial charge is 0.156 e.